The Bertz CT molecular complexity index is 1280. The maximum Gasteiger partial charge on any atom is 0.324 e. The maximum atomic E-state index is 13.2. The zero-order chi connectivity index (χ0) is 27.6. The molecule has 0 spiro atoms. The van der Waals surface area contributed by atoms with Crippen molar-refractivity contribution in [3.8, 4) is 0 Å². The molecule has 3 amide bonds. The molecule has 0 saturated carbocycles. The van der Waals surface area contributed by atoms with Crippen molar-refractivity contribution < 1.29 is 19.1 Å². The van der Waals surface area contributed by atoms with E-state index >= 15 is 0 Å². The zero-order valence-electron chi connectivity index (χ0n) is 22.2. The minimum Gasteiger partial charge on any atom is -0.457 e. The van der Waals surface area contributed by atoms with E-state index in [4.69, 9.17) is 15.2 Å². The van der Waals surface area contributed by atoms with E-state index < -0.39 is 6.29 Å². The van der Waals surface area contributed by atoms with Crippen molar-refractivity contribution in [1.82, 2.24) is 20.1 Å². The minimum absolute atomic E-state index is 0.247. The molecule has 3 aromatic rings. The summed E-state index contributed by atoms with van der Waals surface area (Å²) in [5.74, 6) is -0.0979. The number of hydrogen-bond donors (Lipinski definition) is 3. The molecule has 4 N–H and O–H groups in total. The Labute approximate surface area is 228 Å². The smallest absolute Gasteiger partial charge is 0.324 e. The van der Waals surface area contributed by atoms with Crippen LogP contribution in [0, 0.1) is 0 Å². The maximum absolute atomic E-state index is 13.2. The predicted octanol–water partition coefficient (Wildman–Crippen LogP) is 3.79. The number of nitrogens with zero attached hydrogens (tertiary/aromatic N) is 3. The third kappa shape index (κ3) is 8.21. The van der Waals surface area contributed by atoms with Crippen LogP contribution in [-0.2, 0) is 22.4 Å². The van der Waals surface area contributed by atoms with Gasteiger partial charge in [0.15, 0.2) is 0 Å². The first-order valence-electron chi connectivity index (χ1n) is 12.7. The number of amides is 3. The molecular formula is C29H34N6O4. The fourth-order valence-corrected chi connectivity index (χ4v) is 3.97. The van der Waals surface area contributed by atoms with Crippen molar-refractivity contribution in [3.05, 3.63) is 102 Å². The van der Waals surface area contributed by atoms with Crippen molar-refractivity contribution in [1.29, 1.82) is 0 Å². The van der Waals surface area contributed by atoms with E-state index in [9.17, 15) is 9.59 Å². The van der Waals surface area contributed by atoms with E-state index in [0.717, 1.165) is 24.1 Å². The van der Waals surface area contributed by atoms with Crippen molar-refractivity contribution in [3.63, 3.8) is 0 Å². The number of anilines is 2. The molecule has 0 fully saturated rings. The summed E-state index contributed by atoms with van der Waals surface area (Å²) in [5.41, 5.74) is 9.01. The topological polar surface area (TPSA) is 122 Å². The Hall–Kier alpha value is -4.57. The number of nitrogen functional groups attached to an aromatic ring is 1. The first kappa shape index (κ1) is 27.5. The Morgan fingerprint density at radius 2 is 1.72 bits per heavy atom. The van der Waals surface area contributed by atoms with Crippen LogP contribution in [0.1, 0.15) is 28.0 Å². The lowest BCUT2D eigenvalue weighted by atomic mass is 10.1. The molecule has 0 saturated heterocycles. The zero-order valence-corrected chi connectivity index (χ0v) is 22.2. The summed E-state index contributed by atoms with van der Waals surface area (Å²) >= 11 is 0. The number of benzene rings is 2. The molecule has 0 radical (unpaired) electrons. The van der Waals surface area contributed by atoms with Gasteiger partial charge in [-0.05, 0) is 56.4 Å². The molecule has 1 atom stereocenters. The molecule has 1 unspecified atom stereocenters. The Balaban J connectivity index is 1.35. The standard InChI is InChI=1S/C29H34N6O4/c1-34(2)15-8-16-35(29(37)33-26-20-38-27(39-26)17-21-9-4-3-5-10-21)19-22-13-14-25(31-18-22)28(36)32-24-12-7-6-11-23(24)30/h3-7,9-14,18,20,27H,8,15-17,19,30H2,1-2H3,(H,32,36)(H,33,37). The number of urea groups is 1. The Morgan fingerprint density at radius 3 is 2.44 bits per heavy atom. The minimum atomic E-state index is -0.501. The number of pyridine rings is 1. The molecule has 1 aliphatic heterocycles. The van der Waals surface area contributed by atoms with Gasteiger partial charge in [0, 0.05) is 25.7 Å². The van der Waals surface area contributed by atoms with Crippen molar-refractivity contribution >= 4 is 23.3 Å². The highest BCUT2D eigenvalue weighted by molar-refractivity contribution is 6.04. The Kier molecular flexibility index (Phi) is 9.36. The molecule has 39 heavy (non-hydrogen) atoms. The van der Waals surface area contributed by atoms with E-state index in [1.807, 2.05) is 44.4 Å². The van der Waals surface area contributed by atoms with Gasteiger partial charge in [-0.2, -0.15) is 0 Å². The molecule has 1 aromatic heterocycles. The fourth-order valence-electron chi connectivity index (χ4n) is 3.97. The molecule has 2 heterocycles. The van der Waals surface area contributed by atoms with Gasteiger partial charge in [-0.15, -0.1) is 0 Å². The van der Waals surface area contributed by atoms with E-state index in [1.165, 1.54) is 6.26 Å². The molecule has 4 rings (SSSR count). The van der Waals surface area contributed by atoms with Crippen molar-refractivity contribution in [2.24, 2.45) is 0 Å². The first-order chi connectivity index (χ1) is 18.9. The number of nitrogens with one attached hydrogen (secondary N) is 2. The lowest BCUT2D eigenvalue weighted by molar-refractivity contribution is -0.0330. The van der Waals surface area contributed by atoms with Crippen LogP contribution in [0.15, 0.2) is 85.1 Å². The average Bonchev–Trinajstić information content (AvgIpc) is 3.36. The molecule has 0 aliphatic carbocycles. The molecule has 10 nitrogen and oxygen atoms in total. The summed E-state index contributed by atoms with van der Waals surface area (Å²) in [5, 5.41) is 5.57. The summed E-state index contributed by atoms with van der Waals surface area (Å²) in [6, 6.07) is 20.0. The number of para-hydroxylation sites is 2. The number of carbonyl (C=O) groups excluding carboxylic acids is 2. The highest BCUT2D eigenvalue weighted by atomic mass is 16.7. The molecule has 2 aromatic carbocycles. The number of hydrogen-bond acceptors (Lipinski definition) is 7. The van der Waals surface area contributed by atoms with E-state index in [-0.39, 0.29) is 23.5 Å². The normalized spacial score (nSPS) is 14.2. The highest BCUT2D eigenvalue weighted by Gasteiger charge is 2.24. The lowest BCUT2D eigenvalue weighted by Crippen LogP contribution is -2.40. The van der Waals surface area contributed by atoms with Gasteiger partial charge in [0.2, 0.25) is 12.2 Å². The predicted molar refractivity (Wildman–Crippen MR) is 149 cm³/mol. The van der Waals surface area contributed by atoms with Crippen LogP contribution in [0.2, 0.25) is 0 Å². The van der Waals surface area contributed by atoms with Crippen LogP contribution in [0.4, 0.5) is 16.2 Å². The Morgan fingerprint density at radius 1 is 0.949 bits per heavy atom. The number of aromatic nitrogens is 1. The molecule has 204 valence electrons. The second-order valence-corrected chi connectivity index (χ2v) is 9.46. The molecular weight excluding hydrogens is 496 g/mol. The summed E-state index contributed by atoms with van der Waals surface area (Å²) in [4.78, 5) is 33.8. The second kappa shape index (κ2) is 13.3. The van der Waals surface area contributed by atoms with Crippen LogP contribution in [0.5, 0.6) is 0 Å². The monoisotopic (exact) mass is 530 g/mol. The average molecular weight is 531 g/mol. The number of carbonyl (C=O) groups is 2. The lowest BCUT2D eigenvalue weighted by Gasteiger charge is -2.24. The van der Waals surface area contributed by atoms with Gasteiger partial charge in [-0.3, -0.25) is 15.1 Å². The van der Waals surface area contributed by atoms with Crippen LogP contribution in [0.3, 0.4) is 0 Å². The van der Waals surface area contributed by atoms with E-state index in [2.05, 4.69) is 20.5 Å². The van der Waals surface area contributed by atoms with Crippen LogP contribution in [-0.4, -0.2) is 60.2 Å². The van der Waals surface area contributed by atoms with Crippen LogP contribution < -0.4 is 16.4 Å². The van der Waals surface area contributed by atoms with Gasteiger partial charge in [-0.25, -0.2) is 4.79 Å². The number of ether oxygens (including phenoxy) is 2. The third-order valence-electron chi connectivity index (χ3n) is 6.02. The molecule has 10 heteroatoms. The largest absolute Gasteiger partial charge is 0.457 e. The van der Waals surface area contributed by atoms with Crippen LogP contribution >= 0.6 is 0 Å². The van der Waals surface area contributed by atoms with Crippen molar-refractivity contribution in [2.45, 2.75) is 25.7 Å². The van der Waals surface area contributed by atoms with Gasteiger partial charge in [0.05, 0.1) is 11.4 Å². The number of rotatable bonds is 11. The van der Waals surface area contributed by atoms with Gasteiger partial charge in [-0.1, -0.05) is 48.5 Å². The fraction of sp³-hybridized carbons (Fsp3) is 0.276. The molecule has 0 bridgehead atoms. The first-order valence-corrected chi connectivity index (χ1v) is 12.7. The SMILES string of the molecule is CN(C)CCCN(Cc1ccc(C(=O)Nc2ccccc2N)nc1)C(=O)NC1=COC(Cc2ccccc2)O1. The third-order valence-corrected chi connectivity index (χ3v) is 6.02. The summed E-state index contributed by atoms with van der Waals surface area (Å²) < 4.78 is 11.4. The van der Waals surface area contributed by atoms with Gasteiger partial charge in [0.1, 0.15) is 12.0 Å². The summed E-state index contributed by atoms with van der Waals surface area (Å²) in [6.45, 7) is 1.65. The van der Waals surface area contributed by atoms with Gasteiger partial charge >= 0.3 is 6.03 Å². The van der Waals surface area contributed by atoms with Crippen molar-refractivity contribution in [2.75, 3.05) is 38.2 Å². The van der Waals surface area contributed by atoms with E-state index in [1.54, 1.807) is 47.5 Å². The van der Waals surface area contributed by atoms with Crippen LogP contribution in [0.25, 0.3) is 0 Å². The number of nitrogens with two attached hydrogens (primary N) is 1. The summed E-state index contributed by atoms with van der Waals surface area (Å²) in [6.07, 6.45) is 3.86. The highest BCUT2D eigenvalue weighted by Crippen LogP contribution is 2.19. The van der Waals surface area contributed by atoms with Gasteiger partial charge < -0.3 is 30.3 Å². The van der Waals surface area contributed by atoms with E-state index in [0.29, 0.717) is 30.9 Å². The second-order valence-electron chi connectivity index (χ2n) is 9.46. The quantitative estimate of drug-likeness (QED) is 0.323. The molecule has 1 aliphatic rings. The van der Waals surface area contributed by atoms with Gasteiger partial charge in [0.25, 0.3) is 5.91 Å². The summed E-state index contributed by atoms with van der Waals surface area (Å²) in [7, 11) is 3.98.